The molecule has 1 N–H and O–H groups in total. The van der Waals surface area contributed by atoms with Crippen LogP contribution in [-0.4, -0.2) is 59.3 Å². The highest BCUT2D eigenvalue weighted by Gasteiger charge is 2.23. The number of carbonyl (C=O) groups is 2. The van der Waals surface area contributed by atoms with Gasteiger partial charge in [0.2, 0.25) is 5.91 Å². The van der Waals surface area contributed by atoms with Crippen LogP contribution < -0.4 is 5.32 Å². The Morgan fingerprint density at radius 3 is 2.31 bits per heavy atom. The SMILES string of the molecule is CC(=O)N1CCN(C(=O)c2ccc(NCCc3ccccc3)nc2)CC1. The molecule has 0 aliphatic carbocycles. The van der Waals surface area contributed by atoms with E-state index in [2.05, 4.69) is 22.4 Å². The van der Waals surface area contributed by atoms with Crippen molar-refractivity contribution in [2.24, 2.45) is 0 Å². The molecule has 1 saturated heterocycles. The maximum Gasteiger partial charge on any atom is 0.255 e. The lowest BCUT2D eigenvalue weighted by Gasteiger charge is -2.34. The average molecular weight is 352 g/mol. The fourth-order valence-electron chi connectivity index (χ4n) is 3.01. The summed E-state index contributed by atoms with van der Waals surface area (Å²) in [6.45, 7) is 4.66. The highest BCUT2D eigenvalue weighted by atomic mass is 16.2. The van der Waals surface area contributed by atoms with Crippen molar-refractivity contribution in [2.45, 2.75) is 13.3 Å². The number of benzene rings is 1. The largest absolute Gasteiger partial charge is 0.370 e. The standard InChI is InChI=1S/C20H24N4O2/c1-16(25)23-11-13-24(14-12-23)20(26)18-7-8-19(22-15-18)21-10-9-17-5-3-2-4-6-17/h2-8,15H,9-14H2,1H3,(H,21,22). The topological polar surface area (TPSA) is 65.5 Å². The van der Waals surface area contributed by atoms with Crippen molar-refractivity contribution in [2.75, 3.05) is 38.0 Å². The van der Waals surface area contributed by atoms with Crippen LogP contribution in [-0.2, 0) is 11.2 Å². The van der Waals surface area contributed by atoms with E-state index in [4.69, 9.17) is 0 Å². The summed E-state index contributed by atoms with van der Waals surface area (Å²) >= 11 is 0. The van der Waals surface area contributed by atoms with Gasteiger partial charge in [-0.1, -0.05) is 30.3 Å². The van der Waals surface area contributed by atoms with E-state index in [1.165, 1.54) is 5.56 Å². The van der Waals surface area contributed by atoms with Crippen LogP contribution in [0, 0.1) is 0 Å². The van der Waals surface area contributed by atoms with Crippen LogP contribution in [0.25, 0.3) is 0 Å². The quantitative estimate of drug-likeness (QED) is 0.894. The van der Waals surface area contributed by atoms with Gasteiger partial charge in [-0.3, -0.25) is 9.59 Å². The lowest BCUT2D eigenvalue weighted by molar-refractivity contribution is -0.130. The Balaban J connectivity index is 1.49. The molecule has 6 heteroatoms. The Labute approximate surface area is 153 Å². The Bertz CT molecular complexity index is 738. The number of aromatic nitrogens is 1. The Morgan fingerprint density at radius 2 is 1.69 bits per heavy atom. The van der Waals surface area contributed by atoms with E-state index in [0.29, 0.717) is 31.7 Å². The first-order valence-corrected chi connectivity index (χ1v) is 8.92. The molecule has 1 aromatic heterocycles. The van der Waals surface area contributed by atoms with Crippen molar-refractivity contribution in [1.29, 1.82) is 0 Å². The van der Waals surface area contributed by atoms with Gasteiger partial charge in [0, 0.05) is 45.8 Å². The predicted octanol–water partition coefficient (Wildman–Crippen LogP) is 2.04. The number of anilines is 1. The molecule has 6 nitrogen and oxygen atoms in total. The van der Waals surface area contributed by atoms with Crippen molar-refractivity contribution >= 4 is 17.6 Å². The first-order chi connectivity index (χ1) is 12.6. The van der Waals surface area contributed by atoms with Gasteiger partial charge >= 0.3 is 0 Å². The van der Waals surface area contributed by atoms with Gasteiger partial charge in [0.1, 0.15) is 5.82 Å². The van der Waals surface area contributed by atoms with Crippen LogP contribution in [0.4, 0.5) is 5.82 Å². The molecule has 1 aliphatic heterocycles. The molecule has 136 valence electrons. The lowest BCUT2D eigenvalue weighted by Crippen LogP contribution is -2.50. The van der Waals surface area contributed by atoms with Crippen LogP contribution in [0.2, 0.25) is 0 Å². The number of rotatable bonds is 5. The van der Waals surface area contributed by atoms with E-state index in [1.807, 2.05) is 24.3 Å². The number of nitrogens with one attached hydrogen (secondary N) is 1. The number of carbonyl (C=O) groups excluding carboxylic acids is 2. The molecule has 0 radical (unpaired) electrons. The Hall–Kier alpha value is -2.89. The Morgan fingerprint density at radius 1 is 1.00 bits per heavy atom. The number of piperazine rings is 1. The number of pyridine rings is 1. The van der Waals surface area contributed by atoms with E-state index >= 15 is 0 Å². The average Bonchev–Trinajstić information content (AvgIpc) is 2.69. The molecule has 1 aliphatic rings. The highest BCUT2D eigenvalue weighted by Crippen LogP contribution is 2.11. The zero-order chi connectivity index (χ0) is 18.4. The summed E-state index contributed by atoms with van der Waals surface area (Å²) in [5.74, 6) is 0.792. The van der Waals surface area contributed by atoms with Gasteiger partial charge in [-0.15, -0.1) is 0 Å². The number of nitrogens with zero attached hydrogens (tertiary/aromatic N) is 3. The lowest BCUT2D eigenvalue weighted by atomic mass is 10.1. The van der Waals surface area contributed by atoms with Crippen LogP contribution in [0.1, 0.15) is 22.8 Å². The molecule has 26 heavy (non-hydrogen) atoms. The minimum absolute atomic E-state index is 0.0310. The van der Waals surface area contributed by atoms with Crippen molar-refractivity contribution in [1.82, 2.24) is 14.8 Å². The number of hydrogen-bond acceptors (Lipinski definition) is 4. The maximum atomic E-state index is 12.5. The minimum atomic E-state index is -0.0310. The molecule has 0 unspecified atom stereocenters. The number of amides is 2. The minimum Gasteiger partial charge on any atom is -0.370 e. The van der Waals surface area contributed by atoms with Gasteiger partial charge < -0.3 is 15.1 Å². The molecule has 0 bridgehead atoms. The monoisotopic (exact) mass is 352 g/mol. The summed E-state index contributed by atoms with van der Waals surface area (Å²) in [5, 5.41) is 3.28. The van der Waals surface area contributed by atoms with Crippen LogP contribution in [0.5, 0.6) is 0 Å². The summed E-state index contributed by atoms with van der Waals surface area (Å²) in [5.41, 5.74) is 1.85. The molecule has 2 amide bonds. The zero-order valence-electron chi connectivity index (χ0n) is 15.0. The smallest absolute Gasteiger partial charge is 0.255 e. The molecular formula is C20H24N4O2. The molecule has 0 atom stereocenters. The van der Waals surface area contributed by atoms with E-state index in [0.717, 1.165) is 18.8 Å². The zero-order valence-corrected chi connectivity index (χ0v) is 15.0. The molecule has 0 spiro atoms. The van der Waals surface area contributed by atoms with Gasteiger partial charge in [-0.25, -0.2) is 4.98 Å². The second-order valence-corrected chi connectivity index (χ2v) is 6.39. The summed E-state index contributed by atoms with van der Waals surface area (Å²) in [7, 11) is 0. The van der Waals surface area contributed by atoms with Gasteiger partial charge in [-0.05, 0) is 24.1 Å². The second kappa shape index (κ2) is 8.47. The molecule has 0 saturated carbocycles. The molecule has 2 aromatic rings. The fraction of sp³-hybridized carbons (Fsp3) is 0.350. The normalized spacial score (nSPS) is 14.2. The number of hydrogen-bond donors (Lipinski definition) is 1. The summed E-state index contributed by atoms with van der Waals surface area (Å²) in [6, 6.07) is 13.9. The van der Waals surface area contributed by atoms with Crippen LogP contribution in [0.15, 0.2) is 48.7 Å². The summed E-state index contributed by atoms with van der Waals surface area (Å²) in [4.78, 5) is 31.8. The van der Waals surface area contributed by atoms with Crippen molar-refractivity contribution in [3.8, 4) is 0 Å². The predicted molar refractivity (Wildman–Crippen MR) is 101 cm³/mol. The van der Waals surface area contributed by atoms with Crippen molar-refractivity contribution < 1.29 is 9.59 Å². The molecule has 2 heterocycles. The first kappa shape index (κ1) is 17.9. The van der Waals surface area contributed by atoms with Crippen LogP contribution >= 0.6 is 0 Å². The summed E-state index contributed by atoms with van der Waals surface area (Å²) in [6.07, 6.45) is 2.54. The molecular weight excluding hydrogens is 328 g/mol. The molecule has 3 rings (SSSR count). The van der Waals surface area contributed by atoms with Gasteiger partial charge in [0.25, 0.3) is 5.91 Å². The highest BCUT2D eigenvalue weighted by molar-refractivity contribution is 5.94. The van der Waals surface area contributed by atoms with Crippen LogP contribution in [0.3, 0.4) is 0 Å². The van der Waals surface area contributed by atoms with Gasteiger partial charge in [0.15, 0.2) is 0 Å². The van der Waals surface area contributed by atoms with Gasteiger partial charge in [-0.2, -0.15) is 0 Å². The molecule has 1 aromatic carbocycles. The third kappa shape index (κ3) is 4.59. The third-order valence-corrected chi connectivity index (χ3v) is 4.59. The Kier molecular flexibility index (Phi) is 5.84. The first-order valence-electron chi connectivity index (χ1n) is 8.92. The fourth-order valence-corrected chi connectivity index (χ4v) is 3.01. The molecule has 1 fully saturated rings. The second-order valence-electron chi connectivity index (χ2n) is 6.39. The third-order valence-electron chi connectivity index (χ3n) is 4.59. The van der Waals surface area contributed by atoms with Crippen molar-refractivity contribution in [3.05, 3.63) is 59.8 Å². The van der Waals surface area contributed by atoms with Gasteiger partial charge in [0.05, 0.1) is 5.56 Å². The van der Waals surface area contributed by atoms with E-state index in [1.54, 1.807) is 29.0 Å². The van der Waals surface area contributed by atoms with E-state index < -0.39 is 0 Å². The summed E-state index contributed by atoms with van der Waals surface area (Å²) < 4.78 is 0. The van der Waals surface area contributed by atoms with Crippen molar-refractivity contribution in [3.63, 3.8) is 0 Å². The van der Waals surface area contributed by atoms with E-state index in [9.17, 15) is 9.59 Å². The maximum absolute atomic E-state index is 12.5. The van der Waals surface area contributed by atoms with E-state index in [-0.39, 0.29) is 11.8 Å².